The molecule has 1 aromatic carbocycles. The molecule has 0 radical (unpaired) electrons. The van der Waals surface area contributed by atoms with Gasteiger partial charge in [-0.3, -0.25) is 4.79 Å². The van der Waals surface area contributed by atoms with Crippen LogP contribution in [0.2, 0.25) is 0 Å². The molecule has 1 aliphatic rings. The van der Waals surface area contributed by atoms with Crippen LogP contribution in [0.1, 0.15) is 67.8 Å². The molecule has 1 aliphatic carbocycles. The van der Waals surface area contributed by atoms with E-state index in [-0.39, 0.29) is 35.4 Å². The number of nitrogens with one attached hydrogen (secondary N) is 1. The Hall–Kier alpha value is -3.16. The van der Waals surface area contributed by atoms with E-state index < -0.39 is 11.5 Å². The summed E-state index contributed by atoms with van der Waals surface area (Å²) in [5.41, 5.74) is -0.184. The summed E-state index contributed by atoms with van der Waals surface area (Å²) in [5, 5.41) is 13.8. The zero-order chi connectivity index (χ0) is 24.0. The molecule has 0 bridgehead atoms. The van der Waals surface area contributed by atoms with Crippen molar-refractivity contribution in [3.63, 3.8) is 0 Å². The number of aryl methyl sites for hydroxylation is 1. The molecule has 1 aromatic heterocycles. The highest BCUT2D eigenvalue weighted by atomic mass is 16.5. The fourth-order valence-corrected chi connectivity index (χ4v) is 4.59. The fourth-order valence-electron chi connectivity index (χ4n) is 4.59. The molecule has 0 spiro atoms. The summed E-state index contributed by atoms with van der Waals surface area (Å²) in [4.78, 5) is 25.9. The highest BCUT2D eigenvalue weighted by Gasteiger charge is 2.31. The molecule has 33 heavy (non-hydrogen) atoms. The summed E-state index contributed by atoms with van der Waals surface area (Å²) in [6, 6.07) is 4.87. The minimum absolute atomic E-state index is 0.00198. The van der Waals surface area contributed by atoms with Gasteiger partial charge in [0.25, 0.3) is 0 Å². The van der Waals surface area contributed by atoms with Crippen LogP contribution in [0.4, 0.5) is 0 Å². The van der Waals surface area contributed by atoms with E-state index in [9.17, 15) is 14.7 Å². The maximum absolute atomic E-state index is 13.1. The van der Waals surface area contributed by atoms with E-state index in [1.165, 1.54) is 40.2 Å². The molecule has 0 saturated heterocycles. The molecule has 1 atom stereocenters. The summed E-state index contributed by atoms with van der Waals surface area (Å²) < 4.78 is 21.7. The first-order valence-corrected chi connectivity index (χ1v) is 11.3. The zero-order valence-corrected chi connectivity index (χ0v) is 19.7. The summed E-state index contributed by atoms with van der Waals surface area (Å²) in [7, 11) is 4.46. The number of carbonyl (C=O) groups is 1. The summed E-state index contributed by atoms with van der Waals surface area (Å²) in [6.07, 6.45) is 6.33. The van der Waals surface area contributed by atoms with Crippen molar-refractivity contribution in [1.82, 2.24) is 5.32 Å². The number of methoxy groups -OCH3 is 3. The average molecular weight is 460 g/mol. The second-order valence-electron chi connectivity index (χ2n) is 8.38. The normalized spacial score (nSPS) is 15.4. The van der Waals surface area contributed by atoms with Gasteiger partial charge in [0.15, 0.2) is 11.5 Å². The number of rotatable bonds is 8. The largest absolute Gasteiger partial charge is 0.507 e. The molecule has 1 amide bonds. The van der Waals surface area contributed by atoms with E-state index in [0.717, 1.165) is 25.7 Å². The first kappa shape index (κ1) is 24.5. The van der Waals surface area contributed by atoms with Crippen LogP contribution < -0.4 is 25.2 Å². The van der Waals surface area contributed by atoms with Gasteiger partial charge < -0.3 is 29.1 Å². The summed E-state index contributed by atoms with van der Waals surface area (Å²) >= 11 is 0. The van der Waals surface area contributed by atoms with Crippen LogP contribution in [0.5, 0.6) is 23.0 Å². The van der Waals surface area contributed by atoms with E-state index in [4.69, 9.17) is 18.6 Å². The Kier molecular flexibility index (Phi) is 8.25. The fraction of sp³-hybridized carbons (Fsp3) is 0.520. The Morgan fingerprint density at radius 2 is 1.76 bits per heavy atom. The smallest absolute Gasteiger partial charge is 0.343 e. The Bertz CT molecular complexity index is 1020. The van der Waals surface area contributed by atoms with Crippen molar-refractivity contribution in [3.05, 3.63) is 45.5 Å². The topological polar surface area (TPSA) is 107 Å². The van der Waals surface area contributed by atoms with Crippen LogP contribution in [0, 0.1) is 6.92 Å². The Morgan fingerprint density at radius 3 is 2.33 bits per heavy atom. The highest BCUT2D eigenvalue weighted by Crippen LogP contribution is 2.45. The minimum atomic E-state index is -0.817. The number of benzene rings is 1. The van der Waals surface area contributed by atoms with Crippen LogP contribution in [-0.2, 0) is 4.79 Å². The SMILES string of the molecule is COc1ccc([C@@H](CC(=O)NC2CCCCCC2)c2c(O)cc(C)oc2=O)c(OC)c1OC. The van der Waals surface area contributed by atoms with Crippen molar-refractivity contribution < 1.29 is 28.5 Å². The molecular weight excluding hydrogens is 426 g/mol. The van der Waals surface area contributed by atoms with Gasteiger partial charge in [0, 0.05) is 30.0 Å². The highest BCUT2D eigenvalue weighted by molar-refractivity contribution is 5.78. The number of hydrogen-bond acceptors (Lipinski definition) is 7. The van der Waals surface area contributed by atoms with Gasteiger partial charge in [-0.2, -0.15) is 0 Å². The maximum Gasteiger partial charge on any atom is 0.343 e. The van der Waals surface area contributed by atoms with Gasteiger partial charge in [-0.05, 0) is 25.8 Å². The van der Waals surface area contributed by atoms with Crippen LogP contribution >= 0.6 is 0 Å². The average Bonchev–Trinajstić information content (AvgIpc) is 3.05. The monoisotopic (exact) mass is 459 g/mol. The predicted molar refractivity (Wildman–Crippen MR) is 124 cm³/mol. The summed E-state index contributed by atoms with van der Waals surface area (Å²) in [5.74, 6) is 0.131. The number of ether oxygens (including phenoxy) is 3. The number of amides is 1. The molecule has 1 heterocycles. The van der Waals surface area contributed by atoms with Crippen LogP contribution in [0.3, 0.4) is 0 Å². The standard InChI is InChI=1S/C25H33NO7/c1-15-13-19(27)22(25(29)33-15)18(14-21(28)26-16-9-7-5-6-8-10-16)17-11-12-20(30-2)24(32-4)23(17)31-3/h11-13,16,18,27H,5-10,14H2,1-4H3,(H,26,28)/t18-/m1/s1. The van der Waals surface area contributed by atoms with Crippen molar-refractivity contribution in [3.8, 4) is 23.0 Å². The molecule has 8 nitrogen and oxygen atoms in total. The lowest BCUT2D eigenvalue weighted by Gasteiger charge is -2.24. The van der Waals surface area contributed by atoms with Crippen molar-refractivity contribution in [2.75, 3.05) is 21.3 Å². The number of aromatic hydroxyl groups is 1. The van der Waals surface area contributed by atoms with Gasteiger partial charge in [-0.1, -0.05) is 31.7 Å². The quantitative estimate of drug-likeness (QED) is 0.574. The first-order chi connectivity index (χ1) is 15.9. The van der Waals surface area contributed by atoms with E-state index in [1.807, 2.05) is 0 Å². The van der Waals surface area contributed by atoms with Crippen molar-refractivity contribution >= 4 is 5.91 Å². The van der Waals surface area contributed by atoms with Crippen molar-refractivity contribution in [2.45, 2.75) is 63.8 Å². The molecule has 8 heteroatoms. The van der Waals surface area contributed by atoms with Gasteiger partial charge in [-0.25, -0.2) is 4.79 Å². The van der Waals surface area contributed by atoms with Gasteiger partial charge >= 0.3 is 5.63 Å². The number of carbonyl (C=O) groups excluding carboxylic acids is 1. The molecule has 1 saturated carbocycles. The first-order valence-electron chi connectivity index (χ1n) is 11.3. The van der Waals surface area contributed by atoms with E-state index in [1.54, 1.807) is 19.1 Å². The third-order valence-electron chi connectivity index (χ3n) is 6.16. The molecular formula is C25H33NO7. The third kappa shape index (κ3) is 5.61. The second-order valence-corrected chi connectivity index (χ2v) is 8.38. The Balaban J connectivity index is 2.05. The van der Waals surface area contributed by atoms with Gasteiger partial charge in [0.05, 0.1) is 26.9 Å². The van der Waals surface area contributed by atoms with Crippen LogP contribution in [0.15, 0.2) is 27.4 Å². The lowest BCUT2D eigenvalue weighted by atomic mass is 9.87. The molecule has 1 fully saturated rings. The predicted octanol–water partition coefficient (Wildman–Crippen LogP) is 4.04. The summed E-state index contributed by atoms with van der Waals surface area (Å²) in [6.45, 7) is 1.58. The molecule has 0 unspecified atom stereocenters. The van der Waals surface area contributed by atoms with Gasteiger partial charge in [-0.15, -0.1) is 0 Å². The van der Waals surface area contributed by atoms with Crippen molar-refractivity contribution in [1.29, 1.82) is 0 Å². The van der Waals surface area contributed by atoms with E-state index in [2.05, 4.69) is 5.32 Å². The lowest BCUT2D eigenvalue weighted by Crippen LogP contribution is -2.35. The van der Waals surface area contributed by atoms with Gasteiger partial charge in [0.2, 0.25) is 11.7 Å². The van der Waals surface area contributed by atoms with E-state index >= 15 is 0 Å². The van der Waals surface area contributed by atoms with Crippen LogP contribution in [-0.4, -0.2) is 38.4 Å². The third-order valence-corrected chi connectivity index (χ3v) is 6.16. The molecule has 0 aliphatic heterocycles. The second kappa shape index (κ2) is 11.1. The zero-order valence-electron chi connectivity index (χ0n) is 19.7. The number of hydrogen-bond donors (Lipinski definition) is 2. The van der Waals surface area contributed by atoms with Crippen LogP contribution in [0.25, 0.3) is 0 Å². The maximum atomic E-state index is 13.1. The minimum Gasteiger partial charge on any atom is -0.507 e. The molecule has 3 rings (SSSR count). The lowest BCUT2D eigenvalue weighted by molar-refractivity contribution is -0.122. The van der Waals surface area contributed by atoms with E-state index in [0.29, 0.717) is 22.8 Å². The molecule has 180 valence electrons. The van der Waals surface area contributed by atoms with Gasteiger partial charge in [0.1, 0.15) is 11.5 Å². The molecule has 2 N–H and O–H groups in total. The Morgan fingerprint density at radius 1 is 1.09 bits per heavy atom. The Labute approximate surface area is 193 Å². The molecule has 2 aromatic rings. The van der Waals surface area contributed by atoms with Crippen molar-refractivity contribution in [2.24, 2.45) is 0 Å².